The van der Waals surface area contributed by atoms with E-state index in [-0.39, 0.29) is 17.6 Å². The Hall–Kier alpha value is -2.19. The van der Waals surface area contributed by atoms with Crippen LogP contribution in [0.5, 0.6) is 0 Å². The van der Waals surface area contributed by atoms with Crippen LogP contribution in [0.3, 0.4) is 0 Å². The zero-order valence-electron chi connectivity index (χ0n) is 18.0. The summed E-state index contributed by atoms with van der Waals surface area (Å²) in [5.41, 5.74) is 0. The van der Waals surface area contributed by atoms with Gasteiger partial charge in [-0.2, -0.15) is 9.97 Å². The summed E-state index contributed by atoms with van der Waals surface area (Å²) in [5.74, 6) is 1.79. The fourth-order valence-electron chi connectivity index (χ4n) is 3.28. The van der Waals surface area contributed by atoms with Gasteiger partial charge in [0.25, 0.3) is 5.78 Å². The highest BCUT2D eigenvalue weighted by molar-refractivity contribution is 7.99. The number of nitrogens with zero attached hydrogens (tertiary/aromatic N) is 6. The van der Waals surface area contributed by atoms with Gasteiger partial charge in [-0.15, -0.1) is 10.2 Å². The van der Waals surface area contributed by atoms with E-state index >= 15 is 0 Å². The van der Waals surface area contributed by atoms with Crippen molar-refractivity contribution in [3.63, 3.8) is 0 Å². The van der Waals surface area contributed by atoms with Gasteiger partial charge in [0.1, 0.15) is 0 Å². The Balaban J connectivity index is 1.54. The number of nitrogens with one attached hydrogen (secondary N) is 3. The first-order valence-corrected chi connectivity index (χ1v) is 13.1. The molecule has 14 heteroatoms. The Morgan fingerprint density at radius 2 is 1.84 bits per heavy atom. The largest absolute Gasteiger partial charge is 0.355 e. The number of piperidine rings is 1. The summed E-state index contributed by atoms with van der Waals surface area (Å²) in [4.78, 5) is 21.1. The summed E-state index contributed by atoms with van der Waals surface area (Å²) in [6.45, 7) is 6.81. The molecule has 12 nitrogen and oxygen atoms in total. The number of carbonyl (C=O) groups is 1. The van der Waals surface area contributed by atoms with Crippen LogP contribution in [-0.2, 0) is 14.8 Å². The summed E-state index contributed by atoms with van der Waals surface area (Å²) >= 11 is 1.26. The van der Waals surface area contributed by atoms with Gasteiger partial charge in [0, 0.05) is 32.7 Å². The van der Waals surface area contributed by atoms with Crippen molar-refractivity contribution < 1.29 is 13.2 Å². The lowest BCUT2D eigenvalue weighted by Gasteiger charge is -2.30. The van der Waals surface area contributed by atoms with Crippen LogP contribution in [0.2, 0.25) is 0 Å². The van der Waals surface area contributed by atoms with Crippen LogP contribution in [0.15, 0.2) is 5.16 Å². The van der Waals surface area contributed by atoms with Gasteiger partial charge in [-0.05, 0) is 32.6 Å². The van der Waals surface area contributed by atoms with Crippen LogP contribution >= 0.6 is 11.8 Å². The highest BCUT2D eigenvalue weighted by atomic mass is 32.2. The standard InChI is InChI=1S/C17H29N9O3S2/c1-4-18-14-21-15(19-5-2)26-16(22-14)23-24-17(26)30-11-13(27)20-10-12-6-8-25(9-7-12)31(3,28)29/h12H,4-11H2,1-3H3,(H,20,27)(H2,18,19,21,22,23). The highest BCUT2D eigenvalue weighted by Gasteiger charge is 2.25. The topological polar surface area (TPSA) is 147 Å². The molecule has 1 aliphatic rings. The molecule has 0 unspecified atom stereocenters. The van der Waals surface area contributed by atoms with Gasteiger partial charge in [-0.1, -0.05) is 11.8 Å². The van der Waals surface area contributed by atoms with Crippen molar-refractivity contribution in [3.8, 4) is 0 Å². The number of rotatable bonds is 10. The third kappa shape index (κ3) is 6.17. The van der Waals surface area contributed by atoms with Crippen molar-refractivity contribution in [2.45, 2.75) is 31.8 Å². The van der Waals surface area contributed by atoms with E-state index in [9.17, 15) is 13.2 Å². The number of sulfonamides is 1. The van der Waals surface area contributed by atoms with Gasteiger partial charge in [0.05, 0.1) is 12.0 Å². The second-order valence-electron chi connectivity index (χ2n) is 7.25. The quantitative estimate of drug-likeness (QED) is 0.412. The summed E-state index contributed by atoms with van der Waals surface area (Å²) in [6, 6.07) is 0. The van der Waals surface area contributed by atoms with Crippen molar-refractivity contribution >= 4 is 45.4 Å². The third-order valence-corrected chi connectivity index (χ3v) is 7.11. The molecule has 0 aliphatic carbocycles. The molecule has 3 N–H and O–H groups in total. The molecule has 3 rings (SSSR count). The summed E-state index contributed by atoms with van der Waals surface area (Å²) in [5, 5.41) is 18.0. The number of hydrogen-bond donors (Lipinski definition) is 3. The average Bonchev–Trinajstić information content (AvgIpc) is 3.14. The number of thioether (sulfide) groups is 1. The molecule has 2 aromatic heterocycles. The van der Waals surface area contributed by atoms with E-state index in [0.717, 1.165) is 12.8 Å². The van der Waals surface area contributed by atoms with E-state index in [1.54, 1.807) is 4.40 Å². The minimum atomic E-state index is -3.14. The van der Waals surface area contributed by atoms with Gasteiger partial charge in [0.15, 0.2) is 5.16 Å². The number of aromatic nitrogens is 5. The molecule has 0 bridgehead atoms. The first-order valence-electron chi connectivity index (χ1n) is 10.3. The van der Waals surface area contributed by atoms with Crippen LogP contribution in [0.4, 0.5) is 11.9 Å². The second-order valence-corrected chi connectivity index (χ2v) is 10.2. The van der Waals surface area contributed by atoms with E-state index in [4.69, 9.17) is 0 Å². The maximum absolute atomic E-state index is 12.3. The number of carbonyl (C=O) groups excluding carboxylic acids is 1. The Morgan fingerprint density at radius 3 is 2.48 bits per heavy atom. The Morgan fingerprint density at radius 1 is 1.13 bits per heavy atom. The molecule has 3 heterocycles. The van der Waals surface area contributed by atoms with Crippen LogP contribution in [0.25, 0.3) is 5.78 Å². The second kappa shape index (κ2) is 10.4. The summed E-state index contributed by atoms with van der Waals surface area (Å²) < 4.78 is 26.4. The van der Waals surface area contributed by atoms with E-state index in [1.807, 2.05) is 13.8 Å². The molecular formula is C17H29N9O3S2. The van der Waals surface area contributed by atoms with E-state index in [1.165, 1.54) is 22.3 Å². The predicted octanol–water partition coefficient (Wildman–Crippen LogP) is 0.263. The molecule has 0 spiro atoms. The number of amides is 1. The molecule has 1 fully saturated rings. The van der Waals surface area contributed by atoms with Gasteiger partial charge in [-0.3, -0.25) is 4.79 Å². The first kappa shape index (κ1) is 23.5. The smallest absolute Gasteiger partial charge is 0.261 e. The maximum atomic E-state index is 12.3. The maximum Gasteiger partial charge on any atom is 0.261 e. The molecular weight excluding hydrogens is 442 g/mol. The van der Waals surface area contributed by atoms with E-state index in [0.29, 0.717) is 55.6 Å². The Labute approximate surface area is 186 Å². The normalized spacial score (nSPS) is 15.8. The molecule has 1 aliphatic heterocycles. The highest BCUT2D eigenvalue weighted by Crippen LogP contribution is 2.21. The minimum Gasteiger partial charge on any atom is -0.355 e. The van der Waals surface area contributed by atoms with E-state index < -0.39 is 10.0 Å². The van der Waals surface area contributed by atoms with Gasteiger partial charge >= 0.3 is 0 Å². The molecule has 2 aromatic rings. The summed E-state index contributed by atoms with van der Waals surface area (Å²) in [7, 11) is -3.14. The zero-order chi connectivity index (χ0) is 22.4. The molecule has 0 radical (unpaired) electrons. The lowest BCUT2D eigenvalue weighted by Crippen LogP contribution is -2.41. The molecule has 1 amide bonds. The predicted molar refractivity (Wildman–Crippen MR) is 120 cm³/mol. The van der Waals surface area contributed by atoms with Crippen molar-refractivity contribution in [2.75, 3.05) is 55.4 Å². The van der Waals surface area contributed by atoms with Crippen molar-refractivity contribution in [3.05, 3.63) is 0 Å². The van der Waals surface area contributed by atoms with Crippen LogP contribution in [0, 0.1) is 5.92 Å². The van der Waals surface area contributed by atoms with Crippen molar-refractivity contribution in [2.24, 2.45) is 5.92 Å². The number of hydrogen-bond acceptors (Lipinski definition) is 10. The number of anilines is 2. The van der Waals surface area contributed by atoms with Gasteiger partial charge < -0.3 is 16.0 Å². The summed E-state index contributed by atoms with van der Waals surface area (Å²) in [6.07, 6.45) is 2.72. The van der Waals surface area contributed by atoms with Crippen LogP contribution in [0.1, 0.15) is 26.7 Å². The zero-order valence-corrected chi connectivity index (χ0v) is 19.6. The molecule has 1 saturated heterocycles. The Kier molecular flexibility index (Phi) is 7.89. The van der Waals surface area contributed by atoms with Gasteiger partial charge in [-0.25, -0.2) is 17.1 Å². The molecule has 0 aromatic carbocycles. The average molecular weight is 472 g/mol. The minimum absolute atomic E-state index is 0.109. The first-order chi connectivity index (χ1) is 14.8. The number of fused-ring (bicyclic) bond motifs is 1. The molecule has 31 heavy (non-hydrogen) atoms. The fraction of sp³-hybridized carbons (Fsp3) is 0.706. The lowest BCUT2D eigenvalue weighted by molar-refractivity contribution is -0.118. The molecule has 0 atom stereocenters. The van der Waals surface area contributed by atoms with E-state index in [2.05, 4.69) is 36.1 Å². The third-order valence-electron chi connectivity index (χ3n) is 4.88. The lowest BCUT2D eigenvalue weighted by atomic mass is 9.98. The van der Waals surface area contributed by atoms with Crippen molar-refractivity contribution in [1.82, 2.24) is 34.2 Å². The SMILES string of the molecule is CCNc1nc(NCC)n2c(SCC(=O)NCC3CCN(S(C)(=O)=O)CC3)nnc2n1. The van der Waals surface area contributed by atoms with Crippen molar-refractivity contribution in [1.29, 1.82) is 0 Å². The molecule has 0 saturated carbocycles. The molecule has 172 valence electrons. The van der Waals surface area contributed by atoms with Crippen LogP contribution in [-0.4, -0.2) is 87.9 Å². The van der Waals surface area contributed by atoms with Gasteiger partial charge in [0.2, 0.25) is 27.8 Å². The Bertz CT molecular complexity index is 1000. The van der Waals surface area contributed by atoms with Crippen LogP contribution < -0.4 is 16.0 Å². The monoisotopic (exact) mass is 471 g/mol. The fourth-order valence-corrected chi connectivity index (χ4v) is 4.91.